The van der Waals surface area contributed by atoms with Crippen molar-refractivity contribution in [3.05, 3.63) is 71.6 Å². The lowest BCUT2D eigenvalue weighted by Gasteiger charge is -2.37. The second-order valence-corrected chi connectivity index (χ2v) is 7.22. The molecule has 0 aliphatic carbocycles. The largest absolute Gasteiger partial charge is 0.467 e. The summed E-state index contributed by atoms with van der Waals surface area (Å²) in [4.78, 5) is 25.6. The first-order chi connectivity index (χ1) is 14.1. The highest BCUT2D eigenvalue weighted by Crippen LogP contribution is 2.24. The number of aryl methyl sites for hydroxylation is 1. The Bertz CT molecular complexity index is 961. The lowest BCUT2D eigenvalue weighted by molar-refractivity contribution is 0.0942. The van der Waals surface area contributed by atoms with Crippen LogP contribution in [0.15, 0.2) is 53.4 Å². The maximum atomic E-state index is 12.2. The molecule has 4 rings (SSSR count). The second kappa shape index (κ2) is 8.34. The molecule has 29 heavy (non-hydrogen) atoms. The van der Waals surface area contributed by atoms with E-state index in [1.165, 1.54) is 23.0 Å². The van der Waals surface area contributed by atoms with Crippen LogP contribution in [0.3, 0.4) is 0 Å². The van der Waals surface area contributed by atoms with Crippen LogP contribution in [0, 0.1) is 13.8 Å². The number of hydrogen-bond acceptors (Lipinski definition) is 6. The van der Waals surface area contributed by atoms with Crippen LogP contribution in [0.2, 0.25) is 0 Å². The number of hydrogen-bond donors (Lipinski definition) is 1. The fraction of sp³-hybridized carbons (Fsp3) is 0.318. The number of nitrogens with one attached hydrogen (secondary N) is 1. The summed E-state index contributed by atoms with van der Waals surface area (Å²) < 4.78 is 5.21. The van der Waals surface area contributed by atoms with Gasteiger partial charge < -0.3 is 19.5 Å². The van der Waals surface area contributed by atoms with Gasteiger partial charge >= 0.3 is 0 Å². The van der Waals surface area contributed by atoms with Crippen molar-refractivity contribution in [2.45, 2.75) is 20.4 Å². The van der Waals surface area contributed by atoms with Gasteiger partial charge in [0, 0.05) is 31.9 Å². The van der Waals surface area contributed by atoms with Crippen molar-refractivity contribution in [3.63, 3.8) is 0 Å². The fourth-order valence-electron chi connectivity index (χ4n) is 3.53. The predicted molar refractivity (Wildman–Crippen MR) is 112 cm³/mol. The number of rotatable bonds is 5. The number of amides is 1. The molecule has 1 fully saturated rings. The van der Waals surface area contributed by atoms with Gasteiger partial charge in [-0.2, -0.15) is 0 Å². The Balaban J connectivity index is 1.34. The molecule has 1 aliphatic rings. The van der Waals surface area contributed by atoms with E-state index in [1.807, 2.05) is 6.07 Å². The molecule has 1 aliphatic heterocycles. The van der Waals surface area contributed by atoms with Crippen LogP contribution in [-0.2, 0) is 6.54 Å². The molecule has 3 aromatic rings. The average Bonchev–Trinajstić information content (AvgIpc) is 3.28. The van der Waals surface area contributed by atoms with E-state index in [2.05, 4.69) is 57.1 Å². The molecule has 0 saturated carbocycles. The summed E-state index contributed by atoms with van der Waals surface area (Å²) in [5.74, 6) is 1.23. The summed E-state index contributed by atoms with van der Waals surface area (Å²) in [6.45, 7) is 8.25. The monoisotopic (exact) mass is 391 g/mol. The number of benzene rings is 1. The Morgan fingerprint density at radius 2 is 1.83 bits per heavy atom. The summed E-state index contributed by atoms with van der Waals surface area (Å²) in [7, 11) is 0. The van der Waals surface area contributed by atoms with E-state index in [0.717, 1.165) is 32.0 Å². The summed E-state index contributed by atoms with van der Waals surface area (Å²) in [6, 6.07) is 10.1. The lowest BCUT2D eigenvalue weighted by atomic mass is 10.1. The zero-order valence-corrected chi connectivity index (χ0v) is 16.8. The number of carbonyl (C=O) groups excluding carboxylic acids is 1. The Morgan fingerprint density at radius 3 is 2.52 bits per heavy atom. The Morgan fingerprint density at radius 1 is 1.03 bits per heavy atom. The fourth-order valence-corrected chi connectivity index (χ4v) is 3.53. The van der Waals surface area contributed by atoms with Gasteiger partial charge in [0.1, 0.15) is 17.3 Å². The van der Waals surface area contributed by atoms with E-state index in [0.29, 0.717) is 18.0 Å². The third kappa shape index (κ3) is 4.23. The van der Waals surface area contributed by atoms with Crippen LogP contribution < -0.4 is 15.1 Å². The minimum Gasteiger partial charge on any atom is -0.467 e. The highest BCUT2D eigenvalue weighted by atomic mass is 16.3. The third-order valence-corrected chi connectivity index (χ3v) is 5.39. The zero-order valence-electron chi connectivity index (χ0n) is 16.8. The molecule has 150 valence electrons. The highest BCUT2D eigenvalue weighted by Gasteiger charge is 2.20. The van der Waals surface area contributed by atoms with Crippen molar-refractivity contribution in [2.75, 3.05) is 36.0 Å². The molecule has 1 N–H and O–H groups in total. The Hall–Kier alpha value is -3.35. The first-order valence-electron chi connectivity index (χ1n) is 9.80. The second-order valence-electron chi connectivity index (χ2n) is 7.22. The summed E-state index contributed by atoms with van der Waals surface area (Å²) in [5.41, 5.74) is 4.26. The van der Waals surface area contributed by atoms with Crippen molar-refractivity contribution >= 4 is 17.4 Å². The van der Waals surface area contributed by atoms with E-state index >= 15 is 0 Å². The third-order valence-electron chi connectivity index (χ3n) is 5.39. The van der Waals surface area contributed by atoms with Crippen molar-refractivity contribution in [1.29, 1.82) is 0 Å². The van der Waals surface area contributed by atoms with Gasteiger partial charge in [0.25, 0.3) is 5.91 Å². The number of carbonyl (C=O) groups is 1. The maximum absolute atomic E-state index is 12.2. The van der Waals surface area contributed by atoms with Crippen molar-refractivity contribution in [1.82, 2.24) is 15.3 Å². The molecule has 0 spiro atoms. The van der Waals surface area contributed by atoms with Crippen molar-refractivity contribution < 1.29 is 9.21 Å². The normalized spacial score (nSPS) is 14.1. The van der Waals surface area contributed by atoms with Gasteiger partial charge in [-0.25, -0.2) is 9.97 Å². The highest BCUT2D eigenvalue weighted by molar-refractivity contribution is 5.91. The molecule has 0 unspecified atom stereocenters. The SMILES string of the molecule is Cc1cccc(N2CCN(c3cnc(C(=O)NCc4ccco4)cn3)CC2)c1C. The van der Waals surface area contributed by atoms with E-state index in [9.17, 15) is 4.79 Å². The van der Waals surface area contributed by atoms with Crippen LogP contribution >= 0.6 is 0 Å². The molecule has 1 saturated heterocycles. The van der Waals surface area contributed by atoms with Crippen LogP contribution in [0.5, 0.6) is 0 Å². The Kier molecular flexibility index (Phi) is 5.46. The standard InChI is InChI=1S/C22H25N5O2/c1-16-5-3-7-20(17(16)2)26-8-10-27(11-9-26)21-15-23-19(14-24-21)22(28)25-13-18-6-4-12-29-18/h3-7,12,14-15H,8-11,13H2,1-2H3,(H,25,28). The van der Waals surface area contributed by atoms with E-state index in [1.54, 1.807) is 18.5 Å². The summed E-state index contributed by atoms with van der Waals surface area (Å²) in [5, 5.41) is 2.78. The predicted octanol–water partition coefficient (Wildman–Crippen LogP) is 2.94. The first kappa shape index (κ1) is 19.0. The summed E-state index contributed by atoms with van der Waals surface area (Å²) >= 11 is 0. The number of furan rings is 1. The number of piperazine rings is 1. The number of anilines is 2. The molecule has 1 aromatic carbocycles. The van der Waals surface area contributed by atoms with Gasteiger partial charge in [0.2, 0.25) is 0 Å². The number of aromatic nitrogens is 2. The van der Waals surface area contributed by atoms with Gasteiger partial charge in [-0.05, 0) is 43.2 Å². The molecule has 1 amide bonds. The van der Waals surface area contributed by atoms with E-state index in [4.69, 9.17) is 4.42 Å². The molecule has 7 nitrogen and oxygen atoms in total. The molecule has 0 bridgehead atoms. The molecule has 0 atom stereocenters. The van der Waals surface area contributed by atoms with Gasteiger partial charge in [-0.15, -0.1) is 0 Å². The molecular weight excluding hydrogens is 366 g/mol. The number of nitrogens with zero attached hydrogens (tertiary/aromatic N) is 4. The molecule has 7 heteroatoms. The first-order valence-corrected chi connectivity index (χ1v) is 9.80. The van der Waals surface area contributed by atoms with Crippen molar-refractivity contribution in [3.8, 4) is 0 Å². The molecule has 0 radical (unpaired) electrons. The Labute approximate surface area is 170 Å². The average molecular weight is 391 g/mol. The van der Waals surface area contributed by atoms with Crippen LogP contribution in [-0.4, -0.2) is 42.1 Å². The van der Waals surface area contributed by atoms with Crippen LogP contribution in [0.25, 0.3) is 0 Å². The van der Waals surface area contributed by atoms with Gasteiger partial charge in [0.15, 0.2) is 0 Å². The van der Waals surface area contributed by atoms with E-state index in [-0.39, 0.29) is 5.91 Å². The van der Waals surface area contributed by atoms with Gasteiger partial charge in [-0.1, -0.05) is 12.1 Å². The van der Waals surface area contributed by atoms with Gasteiger partial charge in [0.05, 0.1) is 25.2 Å². The molecule has 2 aromatic heterocycles. The van der Waals surface area contributed by atoms with E-state index < -0.39 is 0 Å². The zero-order chi connectivity index (χ0) is 20.2. The minimum absolute atomic E-state index is 0.264. The van der Waals surface area contributed by atoms with Crippen LogP contribution in [0.4, 0.5) is 11.5 Å². The lowest BCUT2D eigenvalue weighted by Crippen LogP contribution is -2.47. The van der Waals surface area contributed by atoms with Crippen molar-refractivity contribution in [2.24, 2.45) is 0 Å². The maximum Gasteiger partial charge on any atom is 0.271 e. The minimum atomic E-state index is -0.264. The topological polar surface area (TPSA) is 74.5 Å². The molecular formula is C22H25N5O2. The molecule has 3 heterocycles. The smallest absolute Gasteiger partial charge is 0.271 e. The van der Waals surface area contributed by atoms with Crippen LogP contribution in [0.1, 0.15) is 27.4 Å². The van der Waals surface area contributed by atoms with Gasteiger partial charge in [-0.3, -0.25) is 4.79 Å². The quantitative estimate of drug-likeness (QED) is 0.721. The summed E-state index contributed by atoms with van der Waals surface area (Å²) in [6.07, 6.45) is 4.79.